The lowest BCUT2D eigenvalue weighted by Gasteiger charge is -2.06. The molecule has 4 nitrogen and oxygen atoms in total. The maximum atomic E-state index is 8.92. The van der Waals surface area contributed by atoms with E-state index in [4.69, 9.17) is 22.4 Å². The van der Waals surface area contributed by atoms with Crippen LogP contribution in [0.15, 0.2) is 12.4 Å². The summed E-state index contributed by atoms with van der Waals surface area (Å²) in [5.41, 5.74) is -0.217. The third-order valence-electron chi connectivity index (χ3n) is 1.32. The molecule has 1 heterocycles. The molecule has 0 spiro atoms. The molecule has 0 saturated carbocycles. The van der Waals surface area contributed by atoms with E-state index in [9.17, 15) is 0 Å². The Balaban J connectivity index is 3.55. The second-order valence-electron chi connectivity index (χ2n) is 2.21. The molecular formula is C8H13BN2O2. The average Bonchev–Trinajstić information content (AvgIpc) is 2.34. The zero-order valence-corrected chi connectivity index (χ0v) is 6.52. The average molecular weight is 189 g/mol. The van der Waals surface area contributed by atoms with E-state index in [0.717, 1.165) is 12.4 Å². The lowest BCUT2D eigenvalue weighted by molar-refractivity contribution is 0.425. The van der Waals surface area contributed by atoms with Gasteiger partial charge in [-0.3, -0.25) is 0 Å². The largest absolute Gasteiger partial charge is 0.491 e. The van der Waals surface area contributed by atoms with Gasteiger partial charge < -0.3 is 10.0 Å². The lowest BCUT2D eigenvalue weighted by atomic mass is 9.83. The fourth-order valence-electron chi connectivity index (χ4n) is 0.656. The van der Waals surface area contributed by atoms with Gasteiger partial charge in [-0.2, -0.15) is 0 Å². The Bertz CT molecular complexity index is 530. The molecule has 0 aromatic carbocycles. The van der Waals surface area contributed by atoms with Crippen molar-refractivity contribution >= 4 is 12.6 Å². The Hall–Kier alpha value is -0.935. The Morgan fingerprint density at radius 1 is 1.69 bits per heavy atom. The highest BCUT2D eigenvalue weighted by Gasteiger charge is 2.13. The van der Waals surface area contributed by atoms with Gasteiger partial charge in [0.05, 0.1) is 0 Å². The molecule has 0 aliphatic heterocycles. The second kappa shape index (κ2) is 4.34. The topological polar surface area (TPSA) is 66.2 Å². The predicted molar refractivity (Wildman–Crippen MR) is 50.6 cm³/mol. The zero-order chi connectivity index (χ0) is 17.6. The van der Waals surface area contributed by atoms with Crippen LogP contribution in [0.2, 0.25) is 0 Å². The molecule has 0 aliphatic carbocycles. The molecule has 1 rings (SSSR count). The van der Waals surface area contributed by atoms with Crippen molar-refractivity contribution in [2.75, 3.05) is 0 Å². The predicted octanol–water partition coefficient (Wildman–Crippen LogP) is -0.330. The summed E-state index contributed by atoms with van der Waals surface area (Å²) in [5.74, 6) is -4.16. The van der Waals surface area contributed by atoms with E-state index in [2.05, 4.69) is 9.97 Å². The third kappa shape index (κ3) is 2.50. The van der Waals surface area contributed by atoms with Crippen LogP contribution in [0, 0.1) is 0 Å². The van der Waals surface area contributed by atoms with E-state index in [1.165, 1.54) is 0 Å². The smallest absolute Gasteiger partial charge is 0.423 e. The van der Waals surface area contributed by atoms with Crippen LogP contribution in [-0.4, -0.2) is 27.1 Å². The first-order chi connectivity index (χ1) is 9.66. The first kappa shape index (κ1) is 3.33. The standard InChI is InChI=1S/C8H13BN2O2/c1-3-6(2)8-10-4-7(5-11-8)9(12)13/h4-6,12-13H,3H2,1-2H3/i1D3,2D3,3D2,6D. The van der Waals surface area contributed by atoms with Gasteiger partial charge in [-0.25, -0.2) is 9.97 Å². The molecule has 1 atom stereocenters. The van der Waals surface area contributed by atoms with Gasteiger partial charge in [0, 0.05) is 36.1 Å². The number of aromatic nitrogens is 2. The molecule has 0 radical (unpaired) electrons. The second-order valence-corrected chi connectivity index (χ2v) is 2.21. The fourth-order valence-corrected chi connectivity index (χ4v) is 0.656. The molecule has 0 amide bonds. The van der Waals surface area contributed by atoms with E-state index >= 15 is 0 Å². The van der Waals surface area contributed by atoms with Crippen molar-refractivity contribution in [3.8, 4) is 0 Å². The quantitative estimate of drug-likeness (QED) is 0.639. The van der Waals surface area contributed by atoms with E-state index in [1.54, 1.807) is 0 Å². The maximum absolute atomic E-state index is 8.92. The van der Waals surface area contributed by atoms with Gasteiger partial charge in [0.1, 0.15) is 5.82 Å². The van der Waals surface area contributed by atoms with Crippen molar-refractivity contribution in [3.63, 3.8) is 0 Å². The summed E-state index contributed by atoms with van der Waals surface area (Å²) in [6.07, 6.45) is -1.90. The van der Waals surface area contributed by atoms with Crippen molar-refractivity contribution < 1.29 is 22.4 Å². The van der Waals surface area contributed by atoms with Gasteiger partial charge in [-0.1, -0.05) is 13.7 Å². The van der Waals surface area contributed by atoms with Gasteiger partial charge in [-0.05, 0) is 6.37 Å². The Morgan fingerprint density at radius 3 is 2.85 bits per heavy atom. The molecule has 5 heteroatoms. The Kier molecular flexibility index (Phi) is 1.11. The number of nitrogens with zero attached hydrogens (tertiary/aromatic N) is 2. The van der Waals surface area contributed by atoms with Crippen molar-refractivity contribution in [2.45, 2.75) is 26.0 Å². The van der Waals surface area contributed by atoms with Crippen LogP contribution in [0.3, 0.4) is 0 Å². The molecule has 1 unspecified atom stereocenters. The molecule has 0 bridgehead atoms. The highest BCUT2D eigenvalue weighted by Crippen LogP contribution is 2.11. The minimum atomic E-state index is -3.48. The van der Waals surface area contributed by atoms with Crippen molar-refractivity contribution in [1.29, 1.82) is 0 Å². The lowest BCUT2D eigenvalue weighted by Crippen LogP contribution is -2.31. The van der Waals surface area contributed by atoms with Crippen LogP contribution < -0.4 is 5.46 Å². The van der Waals surface area contributed by atoms with Gasteiger partial charge >= 0.3 is 7.12 Å². The van der Waals surface area contributed by atoms with Crippen LogP contribution in [-0.2, 0) is 0 Å². The highest BCUT2D eigenvalue weighted by atomic mass is 16.4. The fraction of sp³-hybridized carbons (Fsp3) is 0.500. The van der Waals surface area contributed by atoms with Crippen LogP contribution in [0.5, 0.6) is 0 Å². The summed E-state index contributed by atoms with van der Waals surface area (Å²) in [6, 6.07) is 0. The molecule has 70 valence electrons. The Morgan fingerprint density at radius 2 is 2.38 bits per heavy atom. The summed E-state index contributed by atoms with van der Waals surface area (Å²) >= 11 is 0. The highest BCUT2D eigenvalue weighted by molar-refractivity contribution is 6.58. The van der Waals surface area contributed by atoms with Crippen LogP contribution in [0.4, 0.5) is 0 Å². The minimum absolute atomic E-state index is 0.217. The molecule has 0 aliphatic rings. The third-order valence-corrected chi connectivity index (χ3v) is 1.32. The van der Waals surface area contributed by atoms with Crippen molar-refractivity contribution in [2.24, 2.45) is 0 Å². The molecule has 0 saturated heterocycles. The summed E-state index contributed by atoms with van der Waals surface area (Å²) in [6.45, 7) is -6.80. The number of hydrogen-bond donors (Lipinski definition) is 2. The van der Waals surface area contributed by atoms with Crippen molar-refractivity contribution in [3.05, 3.63) is 18.2 Å². The summed E-state index contributed by atoms with van der Waals surface area (Å²) in [4.78, 5) is 6.90. The van der Waals surface area contributed by atoms with Crippen LogP contribution in [0.25, 0.3) is 0 Å². The molecular weight excluding hydrogens is 167 g/mol. The molecule has 1 aromatic rings. The molecule has 2 N–H and O–H groups in total. The van der Waals surface area contributed by atoms with Crippen LogP contribution >= 0.6 is 0 Å². The number of rotatable bonds is 3. The van der Waals surface area contributed by atoms with E-state index < -0.39 is 38.9 Å². The van der Waals surface area contributed by atoms with E-state index in [0.29, 0.717) is 0 Å². The molecule has 13 heavy (non-hydrogen) atoms. The summed E-state index contributed by atoms with van der Waals surface area (Å²) in [5, 5.41) is 17.8. The first-order valence-electron chi connectivity index (χ1n) is 7.85. The van der Waals surface area contributed by atoms with Gasteiger partial charge in [-0.15, -0.1) is 0 Å². The zero-order valence-electron chi connectivity index (χ0n) is 15.5. The Labute approximate surface area is 90.5 Å². The number of hydrogen-bond acceptors (Lipinski definition) is 4. The van der Waals surface area contributed by atoms with Gasteiger partial charge in [0.15, 0.2) is 0 Å². The minimum Gasteiger partial charge on any atom is -0.423 e. The van der Waals surface area contributed by atoms with Crippen molar-refractivity contribution in [1.82, 2.24) is 9.97 Å². The summed E-state index contributed by atoms with van der Waals surface area (Å²) in [7, 11) is -1.94. The normalized spacial score (nSPS) is 28.3. The maximum Gasteiger partial charge on any atom is 0.491 e. The van der Waals surface area contributed by atoms with E-state index in [-0.39, 0.29) is 5.46 Å². The SMILES string of the molecule is [2H]C([2H])([2H])C([2H])([2H])C([2H])(c1ncc(B(O)O)cn1)C([2H])([2H])[2H]. The summed E-state index contributed by atoms with van der Waals surface area (Å²) < 4.78 is 67.0. The molecule has 0 fully saturated rings. The van der Waals surface area contributed by atoms with Gasteiger partial charge in [0.25, 0.3) is 0 Å². The monoisotopic (exact) mass is 189 g/mol. The van der Waals surface area contributed by atoms with Crippen LogP contribution in [0.1, 0.15) is 44.1 Å². The van der Waals surface area contributed by atoms with E-state index in [1.807, 2.05) is 0 Å². The first-order valence-corrected chi connectivity index (χ1v) is 3.35. The van der Waals surface area contributed by atoms with Gasteiger partial charge in [0.2, 0.25) is 0 Å². The molecule has 1 aromatic heterocycles.